The molecule has 3 amide bonds. The molecule has 5 N–H and O–H groups in total. The summed E-state index contributed by atoms with van der Waals surface area (Å²) in [5.74, 6) is -0.297. The molecular formula is C24H27N5O6S. The third-order valence-corrected chi connectivity index (χ3v) is 6.74. The van der Waals surface area contributed by atoms with Gasteiger partial charge in [0.15, 0.2) is 23.2 Å². The van der Waals surface area contributed by atoms with E-state index in [1.165, 1.54) is 4.90 Å². The van der Waals surface area contributed by atoms with Crippen molar-refractivity contribution in [1.29, 1.82) is 0 Å². The van der Waals surface area contributed by atoms with Gasteiger partial charge in [0.25, 0.3) is 17.7 Å². The van der Waals surface area contributed by atoms with Crippen molar-refractivity contribution in [2.45, 2.75) is 45.7 Å². The number of amides is 3. The van der Waals surface area contributed by atoms with E-state index >= 15 is 0 Å². The fraction of sp³-hybridized carbons (Fsp3) is 0.333. The molecule has 0 radical (unpaired) electrons. The predicted octanol–water partition coefficient (Wildman–Crippen LogP) is 3.15. The number of rotatable bonds is 8. The minimum absolute atomic E-state index is 0.0302. The van der Waals surface area contributed by atoms with E-state index in [2.05, 4.69) is 9.69 Å². The Morgan fingerprint density at radius 3 is 2.53 bits per heavy atom. The number of anilines is 2. The van der Waals surface area contributed by atoms with Crippen LogP contribution in [0.5, 0.6) is 11.5 Å². The summed E-state index contributed by atoms with van der Waals surface area (Å²) >= 11 is 0.723. The van der Waals surface area contributed by atoms with Gasteiger partial charge in [0.2, 0.25) is 6.79 Å². The van der Waals surface area contributed by atoms with Crippen molar-refractivity contribution in [2.24, 2.45) is 5.73 Å². The Bertz CT molecular complexity index is 1330. The van der Waals surface area contributed by atoms with Crippen LogP contribution in [0.4, 0.5) is 11.4 Å². The van der Waals surface area contributed by atoms with Gasteiger partial charge >= 0.3 is 0 Å². The van der Waals surface area contributed by atoms with Gasteiger partial charge in [0.1, 0.15) is 16.4 Å². The van der Waals surface area contributed by atoms with Crippen LogP contribution in [0.15, 0.2) is 34.7 Å². The maximum atomic E-state index is 14.0. The van der Waals surface area contributed by atoms with Crippen LogP contribution in [0.2, 0.25) is 0 Å². The Kier molecular flexibility index (Phi) is 6.63. The van der Waals surface area contributed by atoms with Gasteiger partial charge in [-0.1, -0.05) is 6.92 Å². The number of carbonyl (C=O) groups excluding carboxylic acids is 3. The highest BCUT2D eigenvalue weighted by molar-refractivity contribution is 7.09. The second-order valence-electron chi connectivity index (χ2n) is 8.93. The molecule has 190 valence electrons. The van der Waals surface area contributed by atoms with Gasteiger partial charge < -0.3 is 30.7 Å². The second kappa shape index (κ2) is 9.53. The summed E-state index contributed by atoms with van der Waals surface area (Å²) in [7, 11) is 0. The number of nitrogens with two attached hydrogens (primary N) is 2. The highest BCUT2D eigenvalue weighted by atomic mass is 32.1. The lowest BCUT2D eigenvalue weighted by Gasteiger charge is -2.33. The molecule has 0 unspecified atom stereocenters. The van der Waals surface area contributed by atoms with Crippen molar-refractivity contribution in [1.82, 2.24) is 9.69 Å². The molecule has 4 rings (SSSR count). The summed E-state index contributed by atoms with van der Waals surface area (Å²) in [5.41, 5.74) is 10.8. The third kappa shape index (κ3) is 4.71. The summed E-state index contributed by atoms with van der Waals surface area (Å²) in [6.07, 6.45) is 0.643. The van der Waals surface area contributed by atoms with E-state index in [9.17, 15) is 14.4 Å². The van der Waals surface area contributed by atoms with Crippen LogP contribution in [0, 0.1) is 6.92 Å². The number of carbonyl (C=O) groups is 3. The topological polar surface area (TPSA) is 163 Å². The van der Waals surface area contributed by atoms with Crippen LogP contribution in [-0.4, -0.2) is 34.4 Å². The number of nitrogens with zero attached hydrogens (tertiary/aromatic N) is 2. The normalized spacial score (nSPS) is 13.3. The number of benzene rings is 1. The van der Waals surface area contributed by atoms with E-state index in [1.54, 1.807) is 37.3 Å². The van der Waals surface area contributed by atoms with Gasteiger partial charge in [-0.3, -0.25) is 19.3 Å². The number of hydrogen-bond acceptors (Lipinski definition) is 9. The van der Waals surface area contributed by atoms with Crippen molar-refractivity contribution in [2.75, 3.05) is 17.4 Å². The molecule has 1 aromatic carbocycles. The molecule has 1 aliphatic rings. The standard InChI is InChI=1S/C24H27N5O6S/c1-5-24(3,4)27-22(31)19(15-8-6-12(2)35-15)29(13-7-9-14-16(10-13)34-11-33-14)23(32)20-17(25)18(21(26)30)28-36-20/h6-10,19H,5,11,25H2,1-4H3,(H2,26,30)(H,27,31)/t19-/m1/s1. The molecule has 2 aromatic heterocycles. The van der Waals surface area contributed by atoms with Crippen LogP contribution in [0.1, 0.15) is 64.9 Å². The summed E-state index contributed by atoms with van der Waals surface area (Å²) in [6.45, 7) is 7.46. The molecule has 11 nitrogen and oxygen atoms in total. The molecule has 1 atom stereocenters. The van der Waals surface area contributed by atoms with Gasteiger partial charge in [0, 0.05) is 17.3 Å². The molecule has 0 spiro atoms. The number of nitrogens with one attached hydrogen (secondary N) is 1. The van der Waals surface area contributed by atoms with Crippen molar-refractivity contribution in [3.05, 3.63) is 52.4 Å². The fourth-order valence-electron chi connectivity index (χ4n) is 3.62. The number of fused-ring (bicyclic) bond motifs is 1. The van der Waals surface area contributed by atoms with Gasteiger partial charge in [0.05, 0.1) is 5.69 Å². The number of nitrogen functional groups attached to an aromatic ring is 1. The molecular weight excluding hydrogens is 486 g/mol. The predicted molar refractivity (Wildman–Crippen MR) is 133 cm³/mol. The van der Waals surface area contributed by atoms with Crippen LogP contribution in [-0.2, 0) is 4.79 Å². The average Bonchev–Trinajstić information content (AvgIpc) is 3.55. The van der Waals surface area contributed by atoms with Crippen molar-refractivity contribution < 1.29 is 28.3 Å². The highest BCUT2D eigenvalue weighted by Crippen LogP contribution is 2.40. The SMILES string of the molecule is CCC(C)(C)NC(=O)[C@@H](c1ccc(C)o1)N(C(=O)c1snc(C(N)=O)c1N)c1ccc2c(c1)OCO2. The zero-order chi connectivity index (χ0) is 26.2. The fourth-order valence-corrected chi connectivity index (χ4v) is 4.36. The first-order valence-corrected chi connectivity index (χ1v) is 12.0. The molecule has 3 heterocycles. The van der Waals surface area contributed by atoms with Crippen LogP contribution < -0.4 is 31.2 Å². The molecule has 36 heavy (non-hydrogen) atoms. The molecule has 1 aliphatic heterocycles. The van der Waals surface area contributed by atoms with Crippen molar-refractivity contribution in [3.63, 3.8) is 0 Å². The molecule has 0 aliphatic carbocycles. The minimum Gasteiger partial charge on any atom is -0.464 e. The molecule has 3 aromatic rings. The smallest absolute Gasteiger partial charge is 0.273 e. The molecule has 12 heteroatoms. The number of hydrogen-bond donors (Lipinski definition) is 3. The number of aromatic nitrogens is 1. The number of ether oxygens (including phenoxy) is 2. The van der Waals surface area contributed by atoms with Crippen LogP contribution >= 0.6 is 11.5 Å². The quantitative estimate of drug-likeness (QED) is 0.413. The Labute approximate surface area is 211 Å². The first kappa shape index (κ1) is 25.0. The Balaban J connectivity index is 1.89. The number of furan rings is 1. The Hall–Kier alpha value is -4.06. The molecule has 0 saturated carbocycles. The molecule has 0 fully saturated rings. The highest BCUT2D eigenvalue weighted by Gasteiger charge is 2.39. The van der Waals surface area contributed by atoms with Gasteiger partial charge in [-0.15, -0.1) is 0 Å². The van der Waals surface area contributed by atoms with Crippen LogP contribution in [0.3, 0.4) is 0 Å². The van der Waals surface area contributed by atoms with Crippen molar-refractivity contribution >= 4 is 40.6 Å². The number of aryl methyl sites for hydroxylation is 1. The van der Waals surface area contributed by atoms with E-state index in [-0.39, 0.29) is 28.8 Å². The van der Waals surface area contributed by atoms with Gasteiger partial charge in [-0.05, 0) is 63.0 Å². The average molecular weight is 514 g/mol. The van der Waals surface area contributed by atoms with E-state index < -0.39 is 29.3 Å². The van der Waals surface area contributed by atoms with Crippen LogP contribution in [0.25, 0.3) is 0 Å². The largest absolute Gasteiger partial charge is 0.464 e. The van der Waals surface area contributed by atoms with E-state index in [0.717, 1.165) is 11.5 Å². The monoisotopic (exact) mass is 513 g/mol. The lowest BCUT2D eigenvalue weighted by molar-refractivity contribution is -0.124. The minimum atomic E-state index is -1.23. The maximum Gasteiger partial charge on any atom is 0.273 e. The Morgan fingerprint density at radius 1 is 1.19 bits per heavy atom. The summed E-state index contributed by atoms with van der Waals surface area (Å²) in [4.78, 5) is 40.7. The van der Waals surface area contributed by atoms with Crippen molar-refractivity contribution in [3.8, 4) is 11.5 Å². The summed E-state index contributed by atoms with van der Waals surface area (Å²) < 4.78 is 20.7. The third-order valence-electron chi connectivity index (χ3n) is 5.89. The van der Waals surface area contributed by atoms with E-state index in [1.807, 2.05) is 20.8 Å². The van der Waals surface area contributed by atoms with Gasteiger partial charge in [-0.2, -0.15) is 4.37 Å². The first-order chi connectivity index (χ1) is 17.0. The maximum absolute atomic E-state index is 14.0. The lowest BCUT2D eigenvalue weighted by Crippen LogP contribution is -2.50. The zero-order valence-electron chi connectivity index (χ0n) is 20.3. The zero-order valence-corrected chi connectivity index (χ0v) is 21.1. The second-order valence-corrected chi connectivity index (χ2v) is 9.70. The number of primary amides is 1. The lowest BCUT2D eigenvalue weighted by atomic mass is 10.0. The summed E-state index contributed by atoms with van der Waals surface area (Å²) in [6, 6.07) is 6.97. The first-order valence-electron chi connectivity index (χ1n) is 11.2. The van der Waals surface area contributed by atoms with E-state index in [0.29, 0.717) is 29.4 Å². The molecule has 0 bridgehead atoms. The molecule has 0 saturated heterocycles. The van der Waals surface area contributed by atoms with E-state index in [4.69, 9.17) is 25.4 Å². The Morgan fingerprint density at radius 2 is 1.92 bits per heavy atom. The van der Waals surface area contributed by atoms with Gasteiger partial charge in [-0.25, -0.2) is 0 Å². The summed E-state index contributed by atoms with van der Waals surface area (Å²) in [5, 5.41) is 2.99.